The minimum absolute atomic E-state index is 0.0493. The van der Waals surface area contributed by atoms with Crippen molar-refractivity contribution in [3.8, 4) is 0 Å². The van der Waals surface area contributed by atoms with Gasteiger partial charge in [-0.05, 0) is 75.2 Å². The summed E-state index contributed by atoms with van der Waals surface area (Å²) in [5.74, 6) is -0.398. The lowest BCUT2D eigenvalue weighted by atomic mass is 9.95. The van der Waals surface area contributed by atoms with Crippen molar-refractivity contribution in [1.29, 1.82) is 0 Å². The first-order chi connectivity index (χ1) is 15.4. The zero-order chi connectivity index (χ0) is 22.9. The monoisotopic (exact) mass is 436 g/mol. The molecule has 4 N–H and O–H groups in total. The number of carbonyl (C=O) groups excluding carboxylic acids is 3. The fraction of sp³-hybridized carbons (Fsp3) is 0.400. The largest absolute Gasteiger partial charge is 0.376 e. The van der Waals surface area contributed by atoms with Crippen molar-refractivity contribution in [2.45, 2.75) is 58.0 Å². The third-order valence-electron chi connectivity index (χ3n) is 5.39. The highest BCUT2D eigenvalue weighted by Crippen LogP contribution is 2.18. The Morgan fingerprint density at radius 3 is 1.97 bits per heavy atom. The summed E-state index contributed by atoms with van der Waals surface area (Å²) in [5, 5.41) is 11.8. The molecule has 1 aliphatic rings. The molecule has 0 unspecified atom stereocenters. The van der Waals surface area contributed by atoms with Gasteiger partial charge < -0.3 is 21.3 Å². The molecule has 0 radical (unpaired) electrons. The molecule has 0 atom stereocenters. The third-order valence-corrected chi connectivity index (χ3v) is 5.39. The molecule has 170 valence electrons. The van der Waals surface area contributed by atoms with Crippen LogP contribution >= 0.6 is 0 Å². The normalized spacial score (nSPS) is 14.0. The average molecular weight is 437 g/mol. The van der Waals surface area contributed by atoms with Gasteiger partial charge in [0.1, 0.15) is 0 Å². The molecule has 0 heterocycles. The highest BCUT2D eigenvalue weighted by Gasteiger charge is 2.16. The third kappa shape index (κ3) is 7.11. The molecule has 3 rings (SSSR count). The first-order valence-corrected chi connectivity index (χ1v) is 11.3. The molecule has 1 saturated carbocycles. The zero-order valence-electron chi connectivity index (χ0n) is 18.7. The number of nitrogens with one attached hydrogen (secondary N) is 4. The van der Waals surface area contributed by atoms with E-state index in [4.69, 9.17) is 0 Å². The van der Waals surface area contributed by atoms with Gasteiger partial charge in [0.25, 0.3) is 11.8 Å². The second kappa shape index (κ2) is 11.3. The highest BCUT2D eigenvalue weighted by molar-refractivity contribution is 5.97. The number of hydrogen-bond donors (Lipinski definition) is 4. The van der Waals surface area contributed by atoms with E-state index in [1.54, 1.807) is 48.5 Å². The van der Waals surface area contributed by atoms with Gasteiger partial charge in [-0.1, -0.05) is 19.3 Å². The summed E-state index contributed by atoms with van der Waals surface area (Å²) >= 11 is 0. The van der Waals surface area contributed by atoms with Crippen molar-refractivity contribution in [3.63, 3.8) is 0 Å². The molecule has 2 aromatic rings. The van der Waals surface area contributed by atoms with Crippen LogP contribution in [0.1, 0.15) is 66.7 Å². The number of hydrogen-bond acceptors (Lipinski definition) is 4. The summed E-state index contributed by atoms with van der Waals surface area (Å²) < 4.78 is 0. The Bertz CT molecular complexity index is 917. The average Bonchev–Trinajstić information content (AvgIpc) is 2.79. The molecule has 0 spiro atoms. The Balaban J connectivity index is 1.44. The van der Waals surface area contributed by atoms with E-state index in [0.717, 1.165) is 18.5 Å². The van der Waals surface area contributed by atoms with Crippen molar-refractivity contribution < 1.29 is 14.4 Å². The maximum absolute atomic E-state index is 12.4. The molecule has 1 aliphatic carbocycles. The summed E-state index contributed by atoms with van der Waals surface area (Å²) in [5.41, 5.74) is 2.54. The predicted octanol–water partition coefficient (Wildman–Crippen LogP) is 3.94. The zero-order valence-corrected chi connectivity index (χ0v) is 18.7. The Hall–Kier alpha value is -3.35. The topological polar surface area (TPSA) is 99.3 Å². The van der Waals surface area contributed by atoms with Gasteiger partial charge in [-0.2, -0.15) is 0 Å². The molecule has 0 aromatic heterocycles. The van der Waals surface area contributed by atoms with Crippen LogP contribution in [0.5, 0.6) is 0 Å². The Morgan fingerprint density at radius 1 is 0.812 bits per heavy atom. The highest BCUT2D eigenvalue weighted by atomic mass is 16.2. The van der Waals surface area contributed by atoms with Crippen LogP contribution in [0.3, 0.4) is 0 Å². The number of rotatable bonds is 8. The molecule has 0 bridgehead atoms. The van der Waals surface area contributed by atoms with E-state index in [-0.39, 0.29) is 36.3 Å². The predicted molar refractivity (Wildman–Crippen MR) is 127 cm³/mol. The van der Waals surface area contributed by atoms with E-state index in [9.17, 15) is 14.4 Å². The second-order valence-corrected chi connectivity index (χ2v) is 8.49. The van der Waals surface area contributed by atoms with Gasteiger partial charge in [0.15, 0.2) is 0 Å². The molecule has 32 heavy (non-hydrogen) atoms. The summed E-state index contributed by atoms with van der Waals surface area (Å²) in [4.78, 5) is 36.6. The summed E-state index contributed by atoms with van der Waals surface area (Å²) in [7, 11) is 0. The van der Waals surface area contributed by atoms with Crippen LogP contribution in [0.2, 0.25) is 0 Å². The standard InChI is InChI=1S/C25H32N4O3/c1-17(2)27-24(31)18-10-14-22(15-11-18)28-23(30)16-26-20-12-8-19(9-13-20)25(32)29-21-6-4-3-5-7-21/h8-15,17,21,26H,3-7,16H2,1-2H3,(H,27,31)(H,28,30)(H,29,32). The van der Waals surface area contributed by atoms with Crippen LogP contribution in [-0.2, 0) is 4.79 Å². The van der Waals surface area contributed by atoms with E-state index in [0.29, 0.717) is 16.8 Å². The van der Waals surface area contributed by atoms with Gasteiger partial charge in [-0.25, -0.2) is 0 Å². The molecule has 3 amide bonds. The Labute approximate surface area is 189 Å². The maximum atomic E-state index is 12.4. The minimum atomic E-state index is -0.205. The Morgan fingerprint density at radius 2 is 1.38 bits per heavy atom. The molecular weight excluding hydrogens is 404 g/mol. The number of carbonyl (C=O) groups is 3. The van der Waals surface area contributed by atoms with Gasteiger partial charge in [0, 0.05) is 34.6 Å². The number of amides is 3. The summed E-state index contributed by atoms with van der Waals surface area (Å²) in [6, 6.07) is 14.2. The first kappa shape index (κ1) is 23.3. The maximum Gasteiger partial charge on any atom is 0.251 e. The van der Waals surface area contributed by atoms with Gasteiger partial charge in [0.05, 0.1) is 6.54 Å². The van der Waals surface area contributed by atoms with Crippen LogP contribution in [0.15, 0.2) is 48.5 Å². The van der Waals surface area contributed by atoms with Crippen molar-refractivity contribution >= 4 is 29.1 Å². The van der Waals surface area contributed by atoms with E-state index in [1.807, 2.05) is 13.8 Å². The smallest absolute Gasteiger partial charge is 0.251 e. The van der Waals surface area contributed by atoms with Gasteiger partial charge in [-0.3, -0.25) is 14.4 Å². The van der Waals surface area contributed by atoms with E-state index in [2.05, 4.69) is 21.3 Å². The molecular formula is C25H32N4O3. The van der Waals surface area contributed by atoms with Crippen LogP contribution in [0, 0.1) is 0 Å². The molecule has 7 nitrogen and oxygen atoms in total. The van der Waals surface area contributed by atoms with Crippen molar-refractivity contribution in [2.75, 3.05) is 17.2 Å². The lowest BCUT2D eigenvalue weighted by molar-refractivity contribution is -0.114. The van der Waals surface area contributed by atoms with Crippen LogP contribution < -0.4 is 21.3 Å². The number of anilines is 2. The summed E-state index contributed by atoms with van der Waals surface area (Å²) in [6.45, 7) is 3.89. The molecule has 0 aliphatic heterocycles. The van der Waals surface area contributed by atoms with Crippen molar-refractivity contribution in [1.82, 2.24) is 10.6 Å². The fourth-order valence-electron chi connectivity index (χ4n) is 3.69. The minimum Gasteiger partial charge on any atom is -0.376 e. The summed E-state index contributed by atoms with van der Waals surface area (Å²) in [6.07, 6.45) is 5.70. The van der Waals surface area contributed by atoms with E-state index >= 15 is 0 Å². The fourth-order valence-corrected chi connectivity index (χ4v) is 3.69. The number of benzene rings is 2. The van der Waals surface area contributed by atoms with Gasteiger partial charge >= 0.3 is 0 Å². The lowest BCUT2D eigenvalue weighted by Gasteiger charge is -2.22. The molecule has 7 heteroatoms. The molecule has 2 aromatic carbocycles. The van der Waals surface area contributed by atoms with Gasteiger partial charge in [0.2, 0.25) is 5.91 Å². The van der Waals surface area contributed by atoms with Crippen molar-refractivity contribution in [2.24, 2.45) is 0 Å². The van der Waals surface area contributed by atoms with Crippen LogP contribution in [-0.4, -0.2) is 36.3 Å². The quantitative estimate of drug-likeness (QED) is 0.504. The van der Waals surface area contributed by atoms with Crippen molar-refractivity contribution in [3.05, 3.63) is 59.7 Å². The second-order valence-electron chi connectivity index (χ2n) is 8.49. The van der Waals surface area contributed by atoms with Crippen LogP contribution in [0.4, 0.5) is 11.4 Å². The molecule has 0 saturated heterocycles. The molecule has 1 fully saturated rings. The Kier molecular flexibility index (Phi) is 8.25. The van der Waals surface area contributed by atoms with E-state index in [1.165, 1.54) is 19.3 Å². The van der Waals surface area contributed by atoms with E-state index < -0.39 is 0 Å². The van der Waals surface area contributed by atoms with Gasteiger partial charge in [-0.15, -0.1) is 0 Å². The van der Waals surface area contributed by atoms with Crippen LogP contribution in [0.25, 0.3) is 0 Å². The SMILES string of the molecule is CC(C)NC(=O)c1ccc(NC(=O)CNc2ccc(C(=O)NC3CCCCC3)cc2)cc1. The lowest BCUT2D eigenvalue weighted by Crippen LogP contribution is -2.36. The first-order valence-electron chi connectivity index (χ1n) is 11.3.